The zero-order valence-corrected chi connectivity index (χ0v) is 47.6. The quantitative estimate of drug-likeness (QED) is 0.0261. The first-order valence-electron chi connectivity index (χ1n) is 30.4. The van der Waals surface area contributed by atoms with Gasteiger partial charge in [0.2, 0.25) is 0 Å². The highest BCUT2D eigenvalue weighted by atomic mass is 16.6. The Morgan fingerprint density at radius 3 is 0.836 bits per heavy atom. The van der Waals surface area contributed by atoms with Gasteiger partial charge < -0.3 is 14.2 Å². The van der Waals surface area contributed by atoms with E-state index < -0.39 is 6.10 Å². The fraction of sp³-hybridized carbons (Fsp3) is 0.687. The van der Waals surface area contributed by atoms with E-state index in [1.54, 1.807) is 0 Å². The van der Waals surface area contributed by atoms with Gasteiger partial charge in [-0.25, -0.2) is 0 Å². The van der Waals surface area contributed by atoms with E-state index >= 15 is 0 Å². The third-order valence-corrected chi connectivity index (χ3v) is 12.8. The molecule has 0 aliphatic heterocycles. The molecule has 0 amide bonds. The van der Waals surface area contributed by atoms with Gasteiger partial charge in [0.1, 0.15) is 13.2 Å². The number of esters is 3. The van der Waals surface area contributed by atoms with Crippen LogP contribution < -0.4 is 0 Å². The molecule has 73 heavy (non-hydrogen) atoms. The molecule has 6 nitrogen and oxygen atoms in total. The van der Waals surface area contributed by atoms with Gasteiger partial charge in [0.05, 0.1) is 0 Å². The lowest BCUT2D eigenvalue weighted by molar-refractivity contribution is -0.167. The van der Waals surface area contributed by atoms with Crippen molar-refractivity contribution in [2.24, 2.45) is 0 Å². The molecule has 0 fully saturated rings. The van der Waals surface area contributed by atoms with Crippen molar-refractivity contribution in [1.82, 2.24) is 0 Å². The highest BCUT2D eigenvalue weighted by Gasteiger charge is 2.19. The molecule has 0 aromatic carbocycles. The molecule has 0 saturated heterocycles. The SMILES string of the molecule is CC/C=C\C/C=C\C/C=C\C/C=C\C/C=C\C/C=C\CCCCCCCCCCCCCCC(=O)OCC(COC(=O)CCCCCCCCC)OC(=O)CCCCCCCCC/C=C\C/C=C\C/C=C\CC. The van der Waals surface area contributed by atoms with Crippen molar-refractivity contribution in [1.29, 1.82) is 0 Å². The van der Waals surface area contributed by atoms with Gasteiger partial charge in [0.15, 0.2) is 6.10 Å². The van der Waals surface area contributed by atoms with Crippen molar-refractivity contribution in [3.63, 3.8) is 0 Å². The summed E-state index contributed by atoms with van der Waals surface area (Å²) in [5, 5.41) is 0. The van der Waals surface area contributed by atoms with Gasteiger partial charge in [-0.15, -0.1) is 0 Å². The van der Waals surface area contributed by atoms with Crippen molar-refractivity contribution >= 4 is 17.9 Å². The van der Waals surface area contributed by atoms with E-state index in [0.29, 0.717) is 19.3 Å². The maximum Gasteiger partial charge on any atom is 0.306 e. The number of allylic oxidation sites excluding steroid dienone is 18. The molecule has 1 atom stereocenters. The minimum Gasteiger partial charge on any atom is -0.462 e. The van der Waals surface area contributed by atoms with E-state index in [-0.39, 0.29) is 31.1 Å². The molecule has 0 bridgehead atoms. The van der Waals surface area contributed by atoms with Crippen LogP contribution in [0.15, 0.2) is 109 Å². The molecular formula is C67H112O6. The van der Waals surface area contributed by atoms with Gasteiger partial charge in [-0.1, -0.05) is 265 Å². The Labute approximate surface area is 450 Å². The molecule has 0 aliphatic carbocycles. The van der Waals surface area contributed by atoms with Crippen molar-refractivity contribution in [2.45, 2.75) is 284 Å². The molecule has 0 spiro atoms. The van der Waals surface area contributed by atoms with Crippen LogP contribution in [0, 0.1) is 0 Å². The van der Waals surface area contributed by atoms with E-state index in [4.69, 9.17) is 14.2 Å². The molecule has 0 aliphatic rings. The Morgan fingerprint density at radius 2 is 0.534 bits per heavy atom. The van der Waals surface area contributed by atoms with Crippen molar-refractivity contribution in [3.8, 4) is 0 Å². The summed E-state index contributed by atoms with van der Waals surface area (Å²) in [7, 11) is 0. The van der Waals surface area contributed by atoms with Crippen LogP contribution >= 0.6 is 0 Å². The number of hydrogen-bond donors (Lipinski definition) is 0. The first-order chi connectivity index (χ1) is 36.0. The summed E-state index contributed by atoms with van der Waals surface area (Å²) in [6.45, 7) is 6.37. The summed E-state index contributed by atoms with van der Waals surface area (Å²) < 4.78 is 16.8. The Hall–Kier alpha value is -3.93. The zero-order valence-electron chi connectivity index (χ0n) is 47.6. The summed E-state index contributed by atoms with van der Waals surface area (Å²) in [5.41, 5.74) is 0. The number of hydrogen-bond acceptors (Lipinski definition) is 6. The van der Waals surface area contributed by atoms with Gasteiger partial charge in [-0.2, -0.15) is 0 Å². The normalized spacial score (nSPS) is 12.9. The lowest BCUT2D eigenvalue weighted by Gasteiger charge is -2.18. The Balaban J connectivity index is 4.12. The number of carbonyl (C=O) groups is 3. The number of rotatable bonds is 54. The maximum atomic E-state index is 12.8. The second-order valence-corrected chi connectivity index (χ2v) is 19.9. The van der Waals surface area contributed by atoms with Crippen LogP contribution in [0.3, 0.4) is 0 Å². The zero-order chi connectivity index (χ0) is 52.9. The first kappa shape index (κ1) is 69.1. The minimum atomic E-state index is -0.782. The van der Waals surface area contributed by atoms with Gasteiger partial charge in [0, 0.05) is 19.3 Å². The topological polar surface area (TPSA) is 78.9 Å². The largest absolute Gasteiger partial charge is 0.462 e. The van der Waals surface area contributed by atoms with Gasteiger partial charge in [-0.3, -0.25) is 14.4 Å². The summed E-state index contributed by atoms with van der Waals surface area (Å²) in [5.74, 6) is -0.897. The lowest BCUT2D eigenvalue weighted by Crippen LogP contribution is -2.30. The molecule has 1 unspecified atom stereocenters. The Bertz CT molecular complexity index is 1490. The highest BCUT2D eigenvalue weighted by molar-refractivity contribution is 5.71. The predicted molar refractivity (Wildman–Crippen MR) is 316 cm³/mol. The molecule has 0 saturated carbocycles. The Kier molecular flexibility index (Phi) is 57.4. The van der Waals surface area contributed by atoms with Crippen molar-refractivity contribution < 1.29 is 28.6 Å². The second kappa shape index (κ2) is 60.6. The van der Waals surface area contributed by atoms with Crippen LogP contribution in [0.2, 0.25) is 0 Å². The molecule has 416 valence electrons. The maximum absolute atomic E-state index is 12.8. The van der Waals surface area contributed by atoms with E-state index in [9.17, 15) is 14.4 Å². The van der Waals surface area contributed by atoms with Gasteiger partial charge >= 0.3 is 17.9 Å². The number of ether oxygens (including phenoxy) is 3. The Morgan fingerprint density at radius 1 is 0.288 bits per heavy atom. The third kappa shape index (κ3) is 58.8. The average Bonchev–Trinajstić information content (AvgIpc) is 3.39. The first-order valence-corrected chi connectivity index (χ1v) is 30.4. The number of carbonyl (C=O) groups excluding carboxylic acids is 3. The van der Waals surface area contributed by atoms with Crippen LogP contribution in [-0.2, 0) is 28.6 Å². The van der Waals surface area contributed by atoms with Crippen molar-refractivity contribution in [2.75, 3.05) is 13.2 Å². The van der Waals surface area contributed by atoms with E-state index in [2.05, 4.69) is 130 Å². The smallest absolute Gasteiger partial charge is 0.306 e. The monoisotopic (exact) mass is 1010 g/mol. The molecule has 0 heterocycles. The third-order valence-electron chi connectivity index (χ3n) is 12.8. The van der Waals surface area contributed by atoms with E-state index in [1.165, 1.54) is 116 Å². The fourth-order valence-corrected chi connectivity index (χ4v) is 8.28. The molecule has 0 N–H and O–H groups in total. The molecule has 0 rings (SSSR count). The number of unbranched alkanes of at least 4 members (excludes halogenated alkanes) is 25. The predicted octanol–water partition coefficient (Wildman–Crippen LogP) is 20.7. The summed E-state index contributed by atoms with van der Waals surface area (Å²) in [6.07, 6.45) is 82.6. The highest BCUT2D eigenvalue weighted by Crippen LogP contribution is 2.16. The van der Waals surface area contributed by atoms with E-state index in [0.717, 1.165) is 122 Å². The second-order valence-electron chi connectivity index (χ2n) is 19.9. The summed E-state index contributed by atoms with van der Waals surface area (Å²) >= 11 is 0. The standard InChI is InChI=1S/C67H112O6/c1-4-7-10-13-16-18-20-22-24-26-27-28-29-30-31-32-33-34-35-36-37-38-39-41-42-44-46-48-51-54-57-60-66(69)72-63-64(62-71-65(68)59-56-53-50-15-12-9-6-3)73-67(70)61-58-55-52-49-47-45-43-40-25-23-21-19-17-14-11-8-5-2/h7-8,10-11,16-19,22-25,27-28,30-31,33-34,64H,4-6,9,12-15,20-21,26,29,32,35-63H2,1-3H3/b10-7-,11-8-,18-16-,19-17-,24-22-,25-23-,28-27-,31-30-,34-33-. The van der Waals surface area contributed by atoms with Crippen LogP contribution in [0.5, 0.6) is 0 Å². The van der Waals surface area contributed by atoms with Crippen LogP contribution in [-0.4, -0.2) is 37.2 Å². The summed E-state index contributed by atoms with van der Waals surface area (Å²) in [6, 6.07) is 0. The van der Waals surface area contributed by atoms with Crippen molar-refractivity contribution in [3.05, 3.63) is 109 Å². The molecule has 0 radical (unpaired) electrons. The van der Waals surface area contributed by atoms with Crippen LogP contribution in [0.25, 0.3) is 0 Å². The lowest BCUT2D eigenvalue weighted by atomic mass is 10.0. The minimum absolute atomic E-state index is 0.0814. The molecule has 0 aromatic heterocycles. The average molecular weight is 1010 g/mol. The van der Waals surface area contributed by atoms with Gasteiger partial charge in [0.25, 0.3) is 0 Å². The molecule has 6 heteroatoms. The van der Waals surface area contributed by atoms with Crippen LogP contribution in [0.4, 0.5) is 0 Å². The fourth-order valence-electron chi connectivity index (χ4n) is 8.28. The summed E-state index contributed by atoms with van der Waals surface area (Å²) in [4.78, 5) is 38.0. The van der Waals surface area contributed by atoms with Crippen LogP contribution in [0.1, 0.15) is 278 Å². The van der Waals surface area contributed by atoms with Gasteiger partial charge in [-0.05, 0) is 103 Å². The molecular weight excluding hydrogens is 901 g/mol. The van der Waals surface area contributed by atoms with E-state index in [1.807, 2.05) is 0 Å². The molecule has 0 aromatic rings.